The van der Waals surface area contributed by atoms with E-state index in [0.29, 0.717) is 6.04 Å². The van der Waals surface area contributed by atoms with Gasteiger partial charge in [-0.15, -0.1) is 0 Å². The highest BCUT2D eigenvalue weighted by atomic mass is 15.3. The molecule has 1 heterocycles. The fraction of sp³-hybridized carbons (Fsp3) is 0.900. The molecular weight excluding hydrogens is 162 g/mol. The summed E-state index contributed by atoms with van der Waals surface area (Å²) in [5.74, 6) is 0. The van der Waals surface area contributed by atoms with Gasteiger partial charge in [-0.2, -0.15) is 5.26 Å². The normalized spacial score (nSPS) is 25.8. The maximum absolute atomic E-state index is 8.81. The summed E-state index contributed by atoms with van der Waals surface area (Å²) in [6.45, 7) is 11.7. The zero-order valence-electron chi connectivity index (χ0n) is 9.04. The van der Waals surface area contributed by atoms with E-state index in [1.807, 2.05) is 4.90 Å². The minimum absolute atomic E-state index is 0.232. The number of nitriles is 1. The molecule has 0 aromatic heterocycles. The van der Waals surface area contributed by atoms with Gasteiger partial charge in [0.05, 0.1) is 0 Å². The van der Waals surface area contributed by atoms with Gasteiger partial charge in [-0.1, -0.05) is 0 Å². The number of piperazine rings is 1. The lowest BCUT2D eigenvalue weighted by atomic mass is 10.0. The summed E-state index contributed by atoms with van der Waals surface area (Å²) in [5, 5.41) is 8.81. The van der Waals surface area contributed by atoms with E-state index in [0.717, 1.165) is 19.6 Å². The molecule has 1 fully saturated rings. The largest absolute Gasteiger partial charge is 0.305 e. The summed E-state index contributed by atoms with van der Waals surface area (Å²) >= 11 is 0. The van der Waals surface area contributed by atoms with Gasteiger partial charge in [0.25, 0.3) is 0 Å². The summed E-state index contributed by atoms with van der Waals surface area (Å²) in [6, 6.07) is 0.359. The van der Waals surface area contributed by atoms with E-state index in [-0.39, 0.29) is 5.54 Å². The average Bonchev–Trinajstić information content (AvgIpc) is 2.02. The van der Waals surface area contributed by atoms with Crippen LogP contribution in [0, 0.1) is 11.5 Å². The van der Waals surface area contributed by atoms with Crippen molar-refractivity contribution in [1.29, 1.82) is 5.26 Å². The van der Waals surface area contributed by atoms with Crippen LogP contribution in [0.4, 0.5) is 0 Å². The SMILES string of the molecule is C[C@H]1CN(C(C)(C)C)CCN1C#N. The lowest BCUT2D eigenvalue weighted by Gasteiger charge is -2.43. The Kier molecular flexibility index (Phi) is 2.82. The summed E-state index contributed by atoms with van der Waals surface area (Å²) in [5.41, 5.74) is 0.232. The highest BCUT2D eigenvalue weighted by Crippen LogP contribution is 2.18. The highest BCUT2D eigenvalue weighted by molar-refractivity contribution is 4.90. The molecule has 1 atom stereocenters. The minimum Gasteiger partial charge on any atom is -0.305 e. The van der Waals surface area contributed by atoms with Crippen LogP contribution in [0.5, 0.6) is 0 Å². The fourth-order valence-electron chi connectivity index (χ4n) is 1.72. The van der Waals surface area contributed by atoms with Gasteiger partial charge >= 0.3 is 0 Å². The van der Waals surface area contributed by atoms with Gasteiger partial charge in [-0.25, -0.2) is 0 Å². The van der Waals surface area contributed by atoms with Crippen LogP contribution >= 0.6 is 0 Å². The lowest BCUT2D eigenvalue weighted by molar-refractivity contribution is 0.0545. The van der Waals surface area contributed by atoms with Crippen LogP contribution in [0.3, 0.4) is 0 Å². The first-order valence-corrected chi connectivity index (χ1v) is 4.86. The number of rotatable bonds is 0. The molecule has 74 valence electrons. The molecule has 3 heteroatoms. The predicted octanol–water partition coefficient (Wildman–Crippen LogP) is 1.27. The summed E-state index contributed by atoms with van der Waals surface area (Å²) in [7, 11) is 0. The molecule has 0 saturated carbocycles. The van der Waals surface area contributed by atoms with Crippen LogP contribution in [-0.2, 0) is 0 Å². The summed E-state index contributed by atoms with van der Waals surface area (Å²) in [6.07, 6.45) is 2.23. The van der Waals surface area contributed by atoms with Crippen molar-refractivity contribution in [3.63, 3.8) is 0 Å². The third-order valence-electron chi connectivity index (χ3n) is 2.70. The van der Waals surface area contributed by atoms with Gasteiger partial charge in [0.15, 0.2) is 6.19 Å². The Labute approximate surface area is 80.9 Å². The molecular formula is C10H19N3. The Morgan fingerprint density at radius 2 is 1.92 bits per heavy atom. The fourth-order valence-corrected chi connectivity index (χ4v) is 1.72. The van der Waals surface area contributed by atoms with E-state index in [9.17, 15) is 0 Å². The topological polar surface area (TPSA) is 30.3 Å². The molecule has 0 radical (unpaired) electrons. The van der Waals surface area contributed by atoms with Crippen LogP contribution in [0.25, 0.3) is 0 Å². The van der Waals surface area contributed by atoms with E-state index in [1.54, 1.807) is 0 Å². The number of hydrogen-bond acceptors (Lipinski definition) is 3. The first-order chi connectivity index (χ1) is 5.95. The minimum atomic E-state index is 0.232. The second-order valence-electron chi connectivity index (χ2n) is 4.76. The van der Waals surface area contributed by atoms with Crippen molar-refractivity contribution in [3.8, 4) is 6.19 Å². The zero-order valence-corrected chi connectivity index (χ0v) is 9.04. The molecule has 0 amide bonds. The molecule has 0 bridgehead atoms. The van der Waals surface area contributed by atoms with Gasteiger partial charge in [0.2, 0.25) is 0 Å². The lowest BCUT2D eigenvalue weighted by Crippen LogP contribution is -2.55. The number of nitrogens with zero attached hydrogens (tertiary/aromatic N) is 3. The van der Waals surface area contributed by atoms with Crippen molar-refractivity contribution in [2.45, 2.75) is 39.3 Å². The first-order valence-electron chi connectivity index (χ1n) is 4.86. The second-order valence-corrected chi connectivity index (χ2v) is 4.76. The molecule has 0 N–H and O–H groups in total. The van der Waals surface area contributed by atoms with Crippen molar-refractivity contribution in [2.24, 2.45) is 0 Å². The predicted molar refractivity (Wildman–Crippen MR) is 53.1 cm³/mol. The van der Waals surface area contributed by atoms with E-state index in [1.165, 1.54) is 0 Å². The van der Waals surface area contributed by atoms with E-state index in [2.05, 4.69) is 38.8 Å². The monoisotopic (exact) mass is 181 g/mol. The molecule has 3 nitrogen and oxygen atoms in total. The van der Waals surface area contributed by atoms with Crippen LogP contribution in [0.2, 0.25) is 0 Å². The Hall–Kier alpha value is -0.750. The summed E-state index contributed by atoms with van der Waals surface area (Å²) in [4.78, 5) is 4.30. The second kappa shape index (κ2) is 3.55. The molecule has 0 spiro atoms. The highest BCUT2D eigenvalue weighted by Gasteiger charge is 2.29. The third-order valence-corrected chi connectivity index (χ3v) is 2.70. The zero-order chi connectivity index (χ0) is 10.1. The van der Waals surface area contributed by atoms with Crippen molar-refractivity contribution >= 4 is 0 Å². The average molecular weight is 181 g/mol. The van der Waals surface area contributed by atoms with E-state index in [4.69, 9.17) is 5.26 Å². The maximum atomic E-state index is 8.81. The van der Waals surface area contributed by atoms with Gasteiger partial charge < -0.3 is 4.90 Å². The molecule has 0 aromatic carbocycles. The van der Waals surface area contributed by atoms with Gasteiger partial charge in [-0.05, 0) is 27.7 Å². The van der Waals surface area contributed by atoms with Crippen molar-refractivity contribution in [2.75, 3.05) is 19.6 Å². The molecule has 1 aliphatic heterocycles. The molecule has 0 aliphatic carbocycles. The van der Waals surface area contributed by atoms with Gasteiger partial charge in [0, 0.05) is 31.2 Å². The van der Waals surface area contributed by atoms with E-state index < -0.39 is 0 Å². The first kappa shape index (κ1) is 10.3. The van der Waals surface area contributed by atoms with Crippen molar-refractivity contribution in [1.82, 2.24) is 9.80 Å². The molecule has 13 heavy (non-hydrogen) atoms. The quantitative estimate of drug-likeness (QED) is 0.527. The van der Waals surface area contributed by atoms with E-state index >= 15 is 0 Å². The van der Waals surface area contributed by atoms with Crippen LogP contribution in [0.15, 0.2) is 0 Å². The van der Waals surface area contributed by atoms with Crippen LogP contribution in [0.1, 0.15) is 27.7 Å². The Balaban J connectivity index is 2.57. The van der Waals surface area contributed by atoms with Crippen molar-refractivity contribution in [3.05, 3.63) is 0 Å². The molecule has 1 rings (SSSR count). The Bertz CT molecular complexity index is 211. The molecule has 0 aromatic rings. The van der Waals surface area contributed by atoms with Crippen LogP contribution < -0.4 is 0 Å². The summed E-state index contributed by atoms with van der Waals surface area (Å²) < 4.78 is 0. The third kappa shape index (κ3) is 2.35. The van der Waals surface area contributed by atoms with Crippen LogP contribution in [-0.4, -0.2) is 41.0 Å². The number of hydrogen-bond donors (Lipinski definition) is 0. The van der Waals surface area contributed by atoms with Crippen molar-refractivity contribution < 1.29 is 0 Å². The molecule has 1 saturated heterocycles. The molecule has 1 aliphatic rings. The maximum Gasteiger partial charge on any atom is 0.179 e. The Morgan fingerprint density at radius 3 is 2.31 bits per heavy atom. The Morgan fingerprint density at radius 1 is 1.31 bits per heavy atom. The molecule has 0 unspecified atom stereocenters. The smallest absolute Gasteiger partial charge is 0.179 e. The standard InChI is InChI=1S/C10H19N3/c1-9-7-13(10(2,3)4)6-5-12(9)8-11/h9H,5-7H2,1-4H3/t9-/m0/s1. The van der Waals surface area contributed by atoms with Gasteiger partial charge in [0.1, 0.15) is 0 Å². The van der Waals surface area contributed by atoms with Gasteiger partial charge in [-0.3, -0.25) is 4.90 Å².